The van der Waals surface area contributed by atoms with Crippen molar-refractivity contribution in [3.63, 3.8) is 0 Å². The highest BCUT2D eigenvalue weighted by Gasteiger charge is 2.26. The maximum atomic E-state index is 11.5. The molecule has 21 heavy (non-hydrogen) atoms. The van der Waals surface area contributed by atoms with Gasteiger partial charge in [0.15, 0.2) is 0 Å². The van der Waals surface area contributed by atoms with Gasteiger partial charge in [0.05, 0.1) is 13.2 Å². The molecule has 1 atom stereocenters. The predicted molar refractivity (Wildman–Crippen MR) is 80.2 cm³/mol. The van der Waals surface area contributed by atoms with Crippen molar-refractivity contribution in [1.29, 1.82) is 0 Å². The number of carbonyl (C=O) groups is 1. The lowest BCUT2D eigenvalue weighted by Gasteiger charge is -2.33. The maximum absolute atomic E-state index is 11.5. The molecule has 0 amide bonds. The van der Waals surface area contributed by atoms with Gasteiger partial charge in [0.2, 0.25) is 0 Å². The molecule has 0 spiro atoms. The van der Waals surface area contributed by atoms with E-state index in [0.29, 0.717) is 0 Å². The molecule has 1 aromatic heterocycles. The average molecular weight is 282 g/mol. The van der Waals surface area contributed by atoms with E-state index in [1.807, 2.05) is 36.5 Å². The van der Waals surface area contributed by atoms with Crippen molar-refractivity contribution in [1.82, 2.24) is 9.88 Å². The van der Waals surface area contributed by atoms with E-state index in [2.05, 4.69) is 9.88 Å². The number of fused-ring (bicyclic) bond motifs is 1. The van der Waals surface area contributed by atoms with Crippen LogP contribution in [0.3, 0.4) is 0 Å². The molecule has 108 valence electrons. The molecule has 2 heterocycles. The molecule has 1 aromatic carbocycles. The molecule has 0 radical (unpaired) electrons. The molecule has 1 aliphatic rings. The first kappa shape index (κ1) is 13.8. The molecule has 4 heteroatoms. The number of methoxy groups -OCH3 is 1. The molecular weight excluding hydrogens is 264 g/mol. The van der Waals surface area contributed by atoms with E-state index in [9.17, 15) is 4.79 Å². The van der Waals surface area contributed by atoms with Gasteiger partial charge in [0, 0.05) is 25.5 Å². The Morgan fingerprint density at radius 2 is 2.14 bits per heavy atom. The zero-order valence-corrected chi connectivity index (χ0v) is 12.0. The standard InChI is InChI=1S/C17H18N2O2/c1-21-15-4-2-13(3-5-15)11-19-9-7-14-10-18-8-6-16(14)17(19)12-20/h2-6,8,10,12,17H,7,9,11H2,1H3. The number of nitrogens with zero attached hydrogens (tertiary/aromatic N) is 2. The zero-order chi connectivity index (χ0) is 14.7. The van der Waals surface area contributed by atoms with Crippen LogP contribution in [0.4, 0.5) is 0 Å². The fraction of sp³-hybridized carbons (Fsp3) is 0.294. The molecule has 0 saturated heterocycles. The van der Waals surface area contributed by atoms with Gasteiger partial charge in [-0.25, -0.2) is 0 Å². The number of rotatable bonds is 4. The summed E-state index contributed by atoms with van der Waals surface area (Å²) in [5.74, 6) is 0.848. The topological polar surface area (TPSA) is 42.4 Å². The van der Waals surface area contributed by atoms with Gasteiger partial charge in [-0.05, 0) is 41.3 Å². The largest absolute Gasteiger partial charge is 0.497 e. The normalized spacial score (nSPS) is 18.0. The molecular formula is C17H18N2O2. The van der Waals surface area contributed by atoms with E-state index in [4.69, 9.17) is 4.74 Å². The highest BCUT2D eigenvalue weighted by Crippen LogP contribution is 2.29. The third kappa shape index (κ3) is 2.81. The number of hydrogen-bond donors (Lipinski definition) is 0. The third-order valence-corrected chi connectivity index (χ3v) is 4.00. The van der Waals surface area contributed by atoms with Gasteiger partial charge < -0.3 is 9.53 Å². The Bertz CT molecular complexity index is 625. The van der Waals surface area contributed by atoms with Crippen LogP contribution in [0.5, 0.6) is 5.75 Å². The van der Waals surface area contributed by atoms with Gasteiger partial charge in [0.1, 0.15) is 12.0 Å². The number of aromatic nitrogens is 1. The van der Waals surface area contributed by atoms with Crippen LogP contribution in [0, 0.1) is 0 Å². The van der Waals surface area contributed by atoms with Crippen molar-refractivity contribution in [2.45, 2.75) is 19.0 Å². The van der Waals surface area contributed by atoms with E-state index in [1.54, 1.807) is 13.3 Å². The van der Waals surface area contributed by atoms with Gasteiger partial charge in [0.25, 0.3) is 0 Å². The lowest BCUT2D eigenvalue weighted by molar-refractivity contribution is -0.113. The Kier molecular flexibility index (Phi) is 3.97. The van der Waals surface area contributed by atoms with Crippen LogP contribution < -0.4 is 4.74 Å². The molecule has 0 aliphatic carbocycles. The molecule has 1 aliphatic heterocycles. The second-order valence-corrected chi connectivity index (χ2v) is 5.22. The van der Waals surface area contributed by atoms with E-state index in [1.165, 1.54) is 11.1 Å². The number of ether oxygens (including phenoxy) is 1. The third-order valence-electron chi connectivity index (χ3n) is 4.00. The van der Waals surface area contributed by atoms with Crippen LogP contribution >= 0.6 is 0 Å². The Labute approximate surface area is 124 Å². The molecule has 0 fully saturated rings. The van der Waals surface area contributed by atoms with Crippen LogP contribution in [-0.4, -0.2) is 29.8 Å². The van der Waals surface area contributed by atoms with E-state index < -0.39 is 0 Å². The van der Waals surface area contributed by atoms with Gasteiger partial charge in [-0.15, -0.1) is 0 Å². The summed E-state index contributed by atoms with van der Waals surface area (Å²) in [5, 5.41) is 0. The highest BCUT2D eigenvalue weighted by molar-refractivity contribution is 5.63. The minimum Gasteiger partial charge on any atom is -0.497 e. The minimum absolute atomic E-state index is 0.182. The maximum Gasteiger partial charge on any atom is 0.141 e. The number of carbonyl (C=O) groups excluding carboxylic acids is 1. The average Bonchev–Trinajstić information content (AvgIpc) is 2.55. The lowest BCUT2D eigenvalue weighted by Crippen LogP contribution is -2.35. The first-order valence-electron chi connectivity index (χ1n) is 7.07. The predicted octanol–water partition coefficient (Wildman–Crippen LogP) is 2.39. The van der Waals surface area contributed by atoms with E-state index in [-0.39, 0.29) is 6.04 Å². The SMILES string of the molecule is COc1ccc(CN2CCc3cnccc3C2C=O)cc1. The van der Waals surface area contributed by atoms with Crippen molar-refractivity contribution in [3.8, 4) is 5.75 Å². The van der Waals surface area contributed by atoms with Gasteiger partial charge in [-0.2, -0.15) is 0 Å². The van der Waals surface area contributed by atoms with E-state index in [0.717, 1.165) is 37.1 Å². The molecule has 0 saturated carbocycles. The van der Waals surface area contributed by atoms with Crippen LogP contribution in [0.1, 0.15) is 22.7 Å². The number of aldehydes is 1. The first-order chi connectivity index (χ1) is 10.3. The smallest absolute Gasteiger partial charge is 0.141 e. The summed E-state index contributed by atoms with van der Waals surface area (Å²) < 4.78 is 5.17. The number of hydrogen-bond acceptors (Lipinski definition) is 4. The van der Waals surface area contributed by atoms with Crippen molar-refractivity contribution in [3.05, 3.63) is 59.4 Å². The molecule has 0 N–H and O–H groups in total. The van der Waals surface area contributed by atoms with Crippen molar-refractivity contribution in [2.24, 2.45) is 0 Å². The summed E-state index contributed by atoms with van der Waals surface area (Å²) in [6.07, 6.45) is 5.59. The number of pyridine rings is 1. The number of benzene rings is 1. The second kappa shape index (κ2) is 6.06. The summed E-state index contributed by atoms with van der Waals surface area (Å²) >= 11 is 0. The van der Waals surface area contributed by atoms with Crippen LogP contribution in [0.25, 0.3) is 0 Å². The van der Waals surface area contributed by atoms with Crippen molar-refractivity contribution < 1.29 is 9.53 Å². The van der Waals surface area contributed by atoms with Crippen LogP contribution in [0.2, 0.25) is 0 Å². The highest BCUT2D eigenvalue weighted by atomic mass is 16.5. The molecule has 1 unspecified atom stereocenters. The van der Waals surface area contributed by atoms with Crippen molar-refractivity contribution >= 4 is 6.29 Å². The van der Waals surface area contributed by atoms with Crippen molar-refractivity contribution in [2.75, 3.05) is 13.7 Å². The van der Waals surface area contributed by atoms with Crippen LogP contribution in [-0.2, 0) is 17.8 Å². The Balaban J connectivity index is 1.80. The van der Waals surface area contributed by atoms with Crippen LogP contribution in [0.15, 0.2) is 42.7 Å². The van der Waals surface area contributed by atoms with E-state index >= 15 is 0 Å². The molecule has 3 rings (SSSR count). The van der Waals surface area contributed by atoms with Gasteiger partial charge in [-0.1, -0.05) is 12.1 Å². The molecule has 2 aromatic rings. The first-order valence-corrected chi connectivity index (χ1v) is 7.07. The summed E-state index contributed by atoms with van der Waals surface area (Å²) in [6.45, 7) is 1.63. The fourth-order valence-corrected chi connectivity index (χ4v) is 2.84. The Hall–Kier alpha value is -2.20. The Morgan fingerprint density at radius 3 is 2.86 bits per heavy atom. The minimum atomic E-state index is -0.182. The Morgan fingerprint density at radius 1 is 1.33 bits per heavy atom. The summed E-state index contributed by atoms with van der Waals surface area (Å²) in [5.41, 5.74) is 3.44. The second-order valence-electron chi connectivity index (χ2n) is 5.22. The summed E-state index contributed by atoms with van der Waals surface area (Å²) in [6, 6.07) is 9.76. The van der Waals surface area contributed by atoms with Gasteiger partial charge in [-0.3, -0.25) is 9.88 Å². The quantitative estimate of drug-likeness (QED) is 0.808. The molecule has 4 nitrogen and oxygen atoms in total. The molecule has 0 bridgehead atoms. The summed E-state index contributed by atoms with van der Waals surface area (Å²) in [7, 11) is 1.66. The monoisotopic (exact) mass is 282 g/mol. The zero-order valence-electron chi connectivity index (χ0n) is 12.0. The summed E-state index contributed by atoms with van der Waals surface area (Å²) in [4.78, 5) is 17.9. The van der Waals surface area contributed by atoms with Gasteiger partial charge >= 0.3 is 0 Å². The fourth-order valence-electron chi connectivity index (χ4n) is 2.84. The lowest BCUT2D eigenvalue weighted by atomic mass is 9.94.